The van der Waals surface area contributed by atoms with Crippen LogP contribution in [0, 0.1) is 0 Å². The Morgan fingerprint density at radius 2 is 1.02 bits per heavy atom. The first kappa shape index (κ1) is 23.5. The number of fused-ring (bicyclic) bond motifs is 11. The quantitative estimate of drug-likeness (QED) is 0.213. The lowest BCUT2D eigenvalue weighted by atomic mass is 10.0. The van der Waals surface area contributed by atoms with E-state index in [-0.39, 0.29) is 0 Å². The number of furan rings is 3. The maximum absolute atomic E-state index is 6.32. The summed E-state index contributed by atoms with van der Waals surface area (Å²) in [6.07, 6.45) is 3.59. The Morgan fingerprint density at radius 1 is 0.409 bits per heavy atom. The number of nitrogens with zero attached hydrogens (tertiary/aromatic N) is 2. The summed E-state index contributed by atoms with van der Waals surface area (Å²) in [5.74, 6) is 0. The van der Waals surface area contributed by atoms with E-state index in [0.717, 1.165) is 93.7 Å². The number of anilines is 3. The van der Waals surface area contributed by atoms with Gasteiger partial charge in [0.25, 0.3) is 0 Å². The number of benzene rings is 6. The van der Waals surface area contributed by atoms with Gasteiger partial charge in [0.15, 0.2) is 5.58 Å². The molecule has 0 amide bonds. The molecule has 6 aromatic carbocycles. The number of rotatable bonds is 3. The molecule has 0 spiro atoms. The van der Waals surface area contributed by atoms with Gasteiger partial charge in [0, 0.05) is 67.0 Å². The van der Waals surface area contributed by atoms with E-state index < -0.39 is 0 Å². The first-order valence-corrected chi connectivity index (χ1v) is 14.6. The van der Waals surface area contributed by atoms with Gasteiger partial charge < -0.3 is 18.2 Å². The fourth-order valence-electron chi connectivity index (χ4n) is 6.70. The zero-order chi connectivity index (χ0) is 28.8. The smallest absolute Gasteiger partial charge is 0.153 e. The molecule has 0 radical (unpaired) electrons. The van der Waals surface area contributed by atoms with Crippen LogP contribution in [0.2, 0.25) is 0 Å². The Morgan fingerprint density at radius 3 is 1.89 bits per heavy atom. The summed E-state index contributed by atoms with van der Waals surface area (Å²) in [5.41, 5.74) is 8.19. The molecule has 0 N–H and O–H groups in total. The molecule has 0 bridgehead atoms. The van der Waals surface area contributed by atoms with Crippen molar-refractivity contribution in [1.82, 2.24) is 4.98 Å². The van der Waals surface area contributed by atoms with Crippen LogP contribution in [-0.4, -0.2) is 4.98 Å². The number of hydrogen-bond donors (Lipinski definition) is 0. The topological polar surface area (TPSA) is 55.6 Å². The minimum atomic E-state index is 0.792. The van der Waals surface area contributed by atoms with Crippen LogP contribution in [0.25, 0.3) is 76.6 Å². The Bertz CT molecular complexity index is 2750. The van der Waals surface area contributed by atoms with Gasteiger partial charge in [-0.15, -0.1) is 0 Å². The number of para-hydroxylation sites is 2. The molecule has 44 heavy (non-hydrogen) atoms. The molecule has 0 unspecified atom stereocenters. The summed E-state index contributed by atoms with van der Waals surface area (Å²) >= 11 is 0. The fourth-order valence-corrected chi connectivity index (χ4v) is 6.70. The first-order valence-electron chi connectivity index (χ1n) is 14.6. The van der Waals surface area contributed by atoms with E-state index in [1.54, 1.807) is 12.4 Å². The molecule has 10 rings (SSSR count). The maximum atomic E-state index is 6.32. The monoisotopic (exact) mass is 566 g/mol. The van der Waals surface area contributed by atoms with Crippen molar-refractivity contribution in [3.63, 3.8) is 0 Å². The molecule has 10 aromatic rings. The Hall–Kier alpha value is -6.07. The van der Waals surface area contributed by atoms with Crippen molar-refractivity contribution in [2.24, 2.45) is 0 Å². The first-order chi connectivity index (χ1) is 21.8. The molecule has 0 aliphatic heterocycles. The molecule has 0 saturated heterocycles. The molecule has 206 valence electrons. The maximum Gasteiger partial charge on any atom is 0.153 e. The lowest BCUT2D eigenvalue weighted by molar-refractivity contribution is 0.668. The third-order valence-electron chi connectivity index (χ3n) is 8.74. The average molecular weight is 567 g/mol. The molecule has 5 heteroatoms. The molecule has 5 nitrogen and oxygen atoms in total. The van der Waals surface area contributed by atoms with Crippen molar-refractivity contribution in [3.8, 4) is 0 Å². The van der Waals surface area contributed by atoms with Crippen LogP contribution >= 0.6 is 0 Å². The van der Waals surface area contributed by atoms with E-state index in [2.05, 4.69) is 94.8 Å². The van der Waals surface area contributed by atoms with Gasteiger partial charge in [-0.25, -0.2) is 0 Å². The standard InChI is InChI=1S/C39H22N2O3/c1-3-7-34-28(5-1)30-15-11-26(21-37(30)43-34)41(25-12-16-36-33(20-25)29-6-2-4-8-35(29)42-36)24-10-14-27-23(19-24)9-13-32-31-17-18-40-22-38(31)44-39(27)32/h1-22H. The minimum absolute atomic E-state index is 0.792. The molecule has 0 atom stereocenters. The van der Waals surface area contributed by atoms with Crippen molar-refractivity contribution < 1.29 is 13.3 Å². The second kappa shape index (κ2) is 8.72. The number of aromatic nitrogens is 1. The highest BCUT2D eigenvalue weighted by Crippen LogP contribution is 2.42. The summed E-state index contributed by atoms with van der Waals surface area (Å²) in [4.78, 5) is 6.53. The van der Waals surface area contributed by atoms with Crippen molar-refractivity contribution >= 4 is 93.7 Å². The third-order valence-corrected chi connectivity index (χ3v) is 8.74. The van der Waals surface area contributed by atoms with E-state index >= 15 is 0 Å². The zero-order valence-electron chi connectivity index (χ0n) is 23.3. The normalized spacial score (nSPS) is 12.1. The summed E-state index contributed by atoms with van der Waals surface area (Å²) in [7, 11) is 0. The van der Waals surface area contributed by atoms with Gasteiger partial charge in [-0.1, -0.05) is 42.5 Å². The van der Waals surface area contributed by atoms with Gasteiger partial charge in [-0.3, -0.25) is 4.98 Å². The molecule has 4 aromatic heterocycles. The molecule has 0 saturated carbocycles. The van der Waals surface area contributed by atoms with Gasteiger partial charge in [-0.05, 0) is 78.2 Å². The van der Waals surface area contributed by atoms with Crippen molar-refractivity contribution in [2.75, 3.05) is 4.90 Å². The predicted octanol–water partition coefficient (Wildman–Crippen LogP) is 11.4. The summed E-state index contributed by atoms with van der Waals surface area (Å²) in [5, 5.41) is 8.69. The van der Waals surface area contributed by atoms with Crippen LogP contribution in [0.1, 0.15) is 0 Å². The van der Waals surface area contributed by atoms with Gasteiger partial charge in [0.1, 0.15) is 27.9 Å². The largest absolute Gasteiger partial charge is 0.456 e. The molecule has 0 aliphatic rings. The third kappa shape index (κ3) is 3.32. The van der Waals surface area contributed by atoms with Gasteiger partial charge >= 0.3 is 0 Å². The summed E-state index contributed by atoms with van der Waals surface area (Å²) in [6.45, 7) is 0. The van der Waals surface area contributed by atoms with Crippen LogP contribution in [-0.2, 0) is 0 Å². The van der Waals surface area contributed by atoms with Crippen molar-refractivity contribution in [1.29, 1.82) is 0 Å². The molecular formula is C39H22N2O3. The zero-order valence-corrected chi connectivity index (χ0v) is 23.3. The Labute approximate surface area is 250 Å². The predicted molar refractivity (Wildman–Crippen MR) is 178 cm³/mol. The fraction of sp³-hybridized carbons (Fsp3) is 0. The number of pyridine rings is 1. The molecule has 0 fully saturated rings. The van der Waals surface area contributed by atoms with Crippen LogP contribution in [0.4, 0.5) is 17.1 Å². The second-order valence-electron chi connectivity index (χ2n) is 11.2. The van der Waals surface area contributed by atoms with Crippen LogP contribution < -0.4 is 4.90 Å². The second-order valence-corrected chi connectivity index (χ2v) is 11.2. The van der Waals surface area contributed by atoms with E-state index in [0.29, 0.717) is 0 Å². The van der Waals surface area contributed by atoms with E-state index in [9.17, 15) is 0 Å². The van der Waals surface area contributed by atoms with Crippen molar-refractivity contribution in [3.05, 3.63) is 134 Å². The van der Waals surface area contributed by atoms with E-state index in [1.807, 2.05) is 36.4 Å². The highest BCUT2D eigenvalue weighted by atomic mass is 16.3. The van der Waals surface area contributed by atoms with Crippen molar-refractivity contribution in [2.45, 2.75) is 0 Å². The van der Waals surface area contributed by atoms with Crippen LogP contribution in [0.15, 0.2) is 147 Å². The minimum Gasteiger partial charge on any atom is -0.456 e. The summed E-state index contributed by atoms with van der Waals surface area (Å²) in [6, 6.07) is 42.1. The average Bonchev–Trinajstić information content (AvgIpc) is 3.75. The lowest BCUT2D eigenvalue weighted by Crippen LogP contribution is -2.09. The molecule has 4 heterocycles. The van der Waals surface area contributed by atoms with Gasteiger partial charge in [-0.2, -0.15) is 0 Å². The molecular weight excluding hydrogens is 544 g/mol. The SMILES string of the molecule is c1ccc2c(c1)oc1cc(N(c3ccc4c(ccc5c6ccncc6oc45)c3)c3ccc4oc5ccccc5c4c3)ccc12. The van der Waals surface area contributed by atoms with Crippen LogP contribution in [0.3, 0.4) is 0 Å². The number of hydrogen-bond acceptors (Lipinski definition) is 5. The van der Waals surface area contributed by atoms with E-state index in [4.69, 9.17) is 13.3 Å². The lowest BCUT2D eigenvalue weighted by Gasteiger charge is -2.26. The highest BCUT2D eigenvalue weighted by molar-refractivity contribution is 6.15. The Balaban J connectivity index is 1.21. The summed E-state index contributed by atoms with van der Waals surface area (Å²) < 4.78 is 18.8. The van der Waals surface area contributed by atoms with Crippen LogP contribution in [0.5, 0.6) is 0 Å². The Kier molecular flexibility index (Phi) is 4.66. The molecule has 0 aliphatic carbocycles. The highest BCUT2D eigenvalue weighted by Gasteiger charge is 2.19. The van der Waals surface area contributed by atoms with E-state index in [1.165, 1.54) is 0 Å². The van der Waals surface area contributed by atoms with Gasteiger partial charge in [0.2, 0.25) is 0 Å². The van der Waals surface area contributed by atoms with Gasteiger partial charge in [0.05, 0.1) is 6.20 Å².